The summed E-state index contributed by atoms with van der Waals surface area (Å²) in [4.78, 5) is 57.2. The Balaban J connectivity index is 1.22. The molecule has 1 aliphatic carbocycles. The highest BCUT2D eigenvalue weighted by atomic mass is 16.6. The van der Waals surface area contributed by atoms with E-state index in [9.17, 15) is 24.3 Å². The third kappa shape index (κ3) is 11.8. The van der Waals surface area contributed by atoms with E-state index >= 15 is 0 Å². The van der Waals surface area contributed by atoms with Crippen LogP contribution in [0.1, 0.15) is 69.1 Å². The van der Waals surface area contributed by atoms with E-state index in [1.807, 2.05) is 105 Å². The van der Waals surface area contributed by atoms with Gasteiger partial charge >= 0.3 is 12.2 Å². The van der Waals surface area contributed by atoms with Crippen LogP contribution in [0.15, 0.2) is 91.0 Å². The standard InChI is InChI=1S/C43H56N4O7/c1-30(2)39(41(50)47-24-22-35(23-25-47)46(3)43(52)53-29-33-18-11-6-12-19-33)45-40(49)34(26-31-14-7-4-8-15-31)28-38(48)37(27-32-16-9-5-10-17-32)44-42(51)54-36-20-13-21-36/h4-12,14-19,30,34-39,48H,13,20-29H2,1-3H3,(H,44,51)(H,45,49)/t34-,37+,38-,39-/m0/s1. The maximum Gasteiger partial charge on any atom is 0.410 e. The summed E-state index contributed by atoms with van der Waals surface area (Å²) in [6.07, 6.45) is 2.41. The van der Waals surface area contributed by atoms with E-state index < -0.39 is 36.3 Å². The summed E-state index contributed by atoms with van der Waals surface area (Å²) in [7, 11) is 1.73. The molecule has 1 saturated carbocycles. The number of rotatable bonds is 16. The third-order valence-electron chi connectivity index (χ3n) is 10.7. The molecule has 1 aliphatic heterocycles. The van der Waals surface area contributed by atoms with E-state index in [1.165, 1.54) is 0 Å². The molecule has 1 heterocycles. The molecule has 0 spiro atoms. The summed E-state index contributed by atoms with van der Waals surface area (Å²) >= 11 is 0. The molecule has 0 radical (unpaired) electrons. The summed E-state index contributed by atoms with van der Waals surface area (Å²) in [5.74, 6) is -1.41. The van der Waals surface area contributed by atoms with Crippen molar-refractivity contribution in [2.24, 2.45) is 11.8 Å². The van der Waals surface area contributed by atoms with Crippen LogP contribution in [0.3, 0.4) is 0 Å². The van der Waals surface area contributed by atoms with Gasteiger partial charge in [-0.2, -0.15) is 0 Å². The van der Waals surface area contributed by atoms with Crippen LogP contribution >= 0.6 is 0 Å². The predicted molar refractivity (Wildman–Crippen MR) is 206 cm³/mol. The Labute approximate surface area is 319 Å². The fraction of sp³-hybridized carbons (Fsp3) is 0.488. The van der Waals surface area contributed by atoms with E-state index in [2.05, 4.69) is 10.6 Å². The second-order valence-electron chi connectivity index (χ2n) is 15.0. The van der Waals surface area contributed by atoms with Crippen molar-refractivity contribution in [3.05, 3.63) is 108 Å². The number of carbonyl (C=O) groups is 4. The van der Waals surface area contributed by atoms with Crippen LogP contribution in [0.25, 0.3) is 0 Å². The zero-order valence-corrected chi connectivity index (χ0v) is 31.8. The number of amides is 4. The molecule has 0 bridgehead atoms. The molecule has 5 rings (SSSR count). The van der Waals surface area contributed by atoms with Crippen molar-refractivity contribution < 1.29 is 33.8 Å². The van der Waals surface area contributed by atoms with Crippen molar-refractivity contribution in [2.75, 3.05) is 20.1 Å². The van der Waals surface area contributed by atoms with Crippen LogP contribution in [-0.4, -0.2) is 89.4 Å². The van der Waals surface area contributed by atoms with Gasteiger partial charge in [-0.15, -0.1) is 0 Å². The topological polar surface area (TPSA) is 138 Å². The fourth-order valence-corrected chi connectivity index (χ4v) is 7.04. The van der Waals surface area contributed by atoms with Gasteiger partial charge in [-0.25, -0.2) is 9.59 Å². The Kier molecular flexibility index (Phi) is 14.9. The molecule has 0 aromatic heterocycles. The molecule has 3 aromatic carbocycles. The van der Waals surface area contributed by atoms with Crippen LogP contribution in [0.4, 0.5) is 9.59 Å². The van der Waals surface area contributed by atoms with Gasteiger partial charge in [0.2, 0.25) is 11.8 Å². The zero-order valence-electron chi connectivity index (χ0n) is 31.8. The van der Waals surface area contributed by atoms with Gasteiger partial charge in [0.25, 0.3) is 0 Å². The van der Waals surface area contributed by atoms with Crippen molar-refractivity contribution in [1.29, 1.82) is 0 Å². The summed E-state index contributed by atoms with van der Waals surface area (Å²) in [5.41, 5.74) is 2.76. The normalized spacial score (nSPS) is 17.0. The molecule has 11 heteroatoms. The van der Waals surface area contributed by atoms with Gasteiger partial charge in [-0.1, -0.05) is 105 Å². The first kappa shape index (κ1) is 40.3. The zero-order chi connectivity index (χ0) is 38.5. The first-order valence-corrected chi connectivity index (χ1v) is 19.3. The number of carbonyl (C=O) groups excluding carboxylic acids is 4. The molecule has 3 aromatic rings. The highest BCUT2D eigenvalue weighted by molar-refractivity contribution is 5.89. The smallest absolute Gasteiger partial charge is 0.410 e. The largest absolute Gasteiger partial charge is 0.446 e. The second-order valence-corrected chi connectivity index (χ2v) is 15.0. The van der Waals surface area contributed by atoms with E-state index in [4.69, 9.17) is 9.47 Å². The number of piperidine rings is 1. The number of aliphatic hydroxyl groups is 1. The molecule has 4 amide bonds. The van der Waals surface area contributed by atoms with Crippen LogP contribution in [0.2, 0.25) is 0 Å². The molecule has 1 saturated heterocycles. The predicted octanol–water partition coefficient (Wildman–Crippen LogP) is 5.89. The van der Waals surface area contributed by atoms with Gasteiger partial charge in [0.15, 0.2) is 0 Å². The summed E-state index contributed by atoms with van der Waals surface area (Å²) in [6, 6.07) is 27.1. The molecule has 290 valence electrons. The number of hydrogen-bond acceptors (Lipinski definition) is 7. The summed E-state index contributed by atoms with van der Waals surface area (Å²) in [6.45, 7) is 4.88. The van der Waals surface area contributed by atoms with Crippen LogP contribution < -0.4 is 10.6 Å². The fourth-order valence-electron chi connectivity index (χ4n) is 7.04. The van der Waals surface area contributed by atoms with Gasteiger partial charge < -0.3 is 35.0 Å². The third-order valence-corrected chi connectivity index (χ3v) is 10.7. The number of hydrogen-bond donors (Lipinski definition) is 3. The monoisotopic (exact) mass is 740 g/mol. The number of alkyl carbamates (subject to hydrolysis) is 1. The van der Waals surface area contributed by atoms with Crippen molar-refractivity contribution in [3.8, 4) is 0 Å². The van der Waals surface area contributed by atoms with Crippen molar-refractivity contribution >= 4 is 24.0 Å². The highest BCUT2D eigenvalue weighted by Gasteiger charge is 2.36. The Morgan fingerprint density at radius 3 is 1.89 bits per heavy atom. The number of benzene rings is 3. The maximum absolute atomic E-state index is 14.2. The van der Waals surface area contributed by atoms with Crippen LogP contribution in [-0.2, 0) is 38.5 Å². The molecular formula is C43H56N4O7. The Morgan fingerprint density at radius 1 is 0.796 bits per heavy atom. The first-order valence-electron chi connectivity index (χ1n) is 19.3. The van der Waals surface area contributed by atoms with E-state index in [0.717, 1.165) is 36.0 Å². The number of ether oxygens (including phenoxy) is 2. The Bertz CT molecular complexity index is 1630. The minimum atomic E-state index is -1.08. The molecular weight excluding hydrogens is 684 g/mol. The van der Waals surface area contributed by atoms with Gasteiger partial charge in [0.1, 0.15) is 18.8 Å². The quantitative estimate of drug-likeness (QED) is 0.167. The molecule has 3 N–H and O–H groups in total. The van der Waals surface area contributed by atoms with Gasteiger partial charge in [0, 0.05) is 32.1 Å². The molecule has 54 heavy (non-hydrogen) atoms. The van der Waals surface area contributed by atoms with Gasteiger partial charge in [-0.05, 0) is 74.0 Å². The lowest BCUT2D eigenvalue weighted by molar-refractivity contribution is -0.140. The molecule has 11 nitrogen and oxygen atoms in total. The molecule has 2 aliphatic rings. The molecule has 2 fully saturated rings. The number of nitrogens with zero attached hydrogens (tertiary/aromatic N) is 2. The summed E-state index contributed by atoms with van der Waals surface area (Å²) < 4.78 is 11.1. The molecule has 4 atom stereocenters. The van der Waals surface area contributed by atoms with Gasteiger partial charge in [0.05, 0.1) is 12.1 Å². The lowest BCUT2D eigenvalue weighted by Crippen LogP contribution is -2.56. The lowest BCUT2D eigenvalue weighted by atomic mass is 9.88. The van der Waals surface area contributed by atoms with E-state index in [1.54, 1.807) is 16.8 Å². The Morgan fingerprint density at radius 2 is 1.35 bits per heavy atom. The number of nitrogens with one attached hydrogen (secondary N) is 2. The van der Waals surface area contributed by atoms with E-state index in [-0.39, 0.29) is 42.9 Å². The average molecular weight is 741 g/mol. The maximum atomic E-state index is 14.2. The minimum Gasteiger partial charge on any atom is -0.446 e. The number of likely N-dealkylation sites (tertiary alicyclic amines) is 1. The van der Waals surface area contributed by atoms with E-state index in [0.29, 0.717) is 38.8 Å². The van der Waals surface area contributed by atoms with Crippen molar-refractivity contribution in [1.82, 2.24) is 20.4 Å². The minimum absolute atomic E-state index is 0.0546. The van der Waals surface area contributed by atoms with Crippen molar-refractivity contribution in [3.63, 3.8) is 0 Å². The van der Waals surface area contributed by atoms with Crippen LogP contribution in [0.5, 0.6) is 0 Å². The Hall–Kier alpha value is -4.90. The highest BCUT2D eigenvalue weighted by Crippen LogP contribution is 2.24. The SMILES string of the molecule is CC(C)[C@H](NC(=O)[C@@H](Cc1ccccc1)C[C@H](O)[C@@H](Cc1ccccc1)NC(=O)OC1CCC1)C(=O)N1CCC(N(C)C(=O)OCc2ccccc2)CC1. The van der Waals surface area contributed by atoms with Crippen LogP contribution in [0, 0.1) is 11.8 Å². The average Bonchev–Trinajstić information content (AvgIpc) is 3.17. The van der Waals surface area contributed by atoms with Crippen molar-refractivity contribution in [2.45, 2.75) is 102 Å². The summed E-state index contributed by atoms with van der Waals surface area (Å²) in [5, 5.41) is 17.7. The number of aliphatic hydroxyl groups excluding tert-OH is 1. The lowest BCUT2D eigenvalue weighted by Gasteiger charge is -2.38. The first-order chi connectivity index (χ1) is 26.1. The molecule has 0 unspecified atom stereocenters. The van der Waals surface area contributed by atoms with Gasteiger partial charge in [-0.3, -0.25) is 9.59 Å². The second kappa shape index (κ2) is 20.0.